The quantitative estimate of drug-likeness (QED) is 0.759. The molecule has 2 aromatic rings. The molecule has 0 aliphatic carbocycles. The van der Waals surface area contributed by atoms with E-state index < -0.39 is 0 Å². The van der Waals surface area contributed by atoms with E-state index in [4.69, 9.17) is 9.47 Å². The Balaban J connectivity index is 1.98. The second-order valence-corrected chi connectivity index (χ2v) is 7.16. The number of hydrogen-bond donors (Lipinski definition) is 1. The normalized spacial score (nSPS) is 16.9. The van der Waals surface area contributed by atoms with Gasteiger partial charge in [0.15, 0.2) is 5.17 Å². The largest absolute Gasteiger partial charge is 0.506 e. The topological polar surface area (TPSA) is 71.4 Å². The molecule has 3 rings (SSSR count). The van der Waals surface area contributed by atoms with E-state index in [0.29, 0.717) is 33.8 Å². The number of rotatable bonds is 5. The lowest BCUT2D eigenvalue weighted by atomic mass is 10.1. The fraction of sp³-hybridized carbons (Fsp3) is 0.238. The van der Waals surface area contributed by atoms with Gasteiger partial charge in [0, 0.05) is 18.2 Å². The number of aliphatic imine (C=N–C) groups is 1. The van der Waals surface area contributed by atoms with Crippen LogP contribution in [-0.2, 0) is 4.79 Å². The Kier molecular flexibility index (Phi) is 5.94. The smallest absolute Gasteiger partial charge is 0.266 e. The molecule has 0 aromatic heterocycles. The number of phenols is 1. The first-order chi connectivity index (χ1) is 13.5. The fourth-order valence-corrected chi connectivity index (χ4v) is 3.83. The van der Waals surface area contributed by atoms with Crippen LogP contribution in [0, 0.1) is 6.92 Å². The third-order valence-corrected chi connectivity index (χ3v) is 5.29. The summed E-state index contributed by atoms with van der Waals surface area (Å²) in [5.41, 5.74) is 2.15. The fourth-order valence-electron chi connectivity index (χ4n) is 2.78. The average molecular weight is 398 g/mol. The van der Waals surface area contributed by atoms with Gasteiger partial charge in [-0.3, -0.25) is 9.69 Å². The molecule has 0 radical (unpaired) electrons. The van der Waals surface area contributed by atoms with Crippen molar-refractivity contribution >= 4 is 34.6 Å². The van der Waals surface area contributed by atoms with Crippen molar-refractivity contribution < 1.29 is 19.4 Å². The molecule has 0 spiro atoms. The number of amidine groups is 1. The van der Waals surface area contributed by atoms with Crippen molar-refractivity contribution in [3.63, 3.8) is 0 Å². The molecule has 1 aliphatic rings. The van der Waals surface area contributed by atoms with Crippen molar-refractivity contribution in [2.75, 3.05) is 20.8 Å². The minimum absolute atomic E-state index is 0.0888. The average Bonchev–Trinajstić information content (AvgIpc) is 2.98. The van der Waals surface area contributed by atoms with Crippen LogP contribution in [0.1, 0.15) is 18.1 Å². The molecule has 28 heavy (non-hydrogen) atoms. The summed E-state index contributed by atoms with van der Waals surface area (Å²) in [6.07, 6.45) is 1.78. The van der Waals surface area contributed by atoms with Crippen LogP contribution in [0.4, 0.5) is 5.69 Å². The predicted octanol–water partition coefficient (Wildman–Crippen LogP) is 4.34. The Labute approximate surface area is 168 Å². The molecule has 1 amide bonds. The van der Waals surface area contributed by atoms with Crippen molar-refractivity contribution in [1.82, 2.24) is 4.90 Å². The summed E-state index contributed by atoms with van der Waals surface area (Å²) in [4.78, 5) is 19.5. The number of nitrogens with zero attached hydrogens (tertiary/aromatic N) is 2. The van der Waals surface area contributed by atoms with Crippen LogP contribution < -0.4 is 9.47 Å². The second-order valence-electron chi connectivity index (χ2n) is 6.15. The van der Waals surface area contributed by atoms with E-state index in [1.807, 2.05) is 32.0 Å². The molecule has 1 saturated heterocycles. The highest BCUT2D eigenvalue weighted by Crippen LogP contribution is 2.37. The number of methoxy groups -OCH3 is 2. The minimum atomic E-state index is -0.129. The molecule has 1 N–H and O–H groups in total. The van der Waals surface area contributed by atoms with Crippen LogP contribution in [0.2, 0.25) is 0 Å². The molecule has 0 unspecified atom stereocenters. The van der Waals surface area contributed by atoms with Crippen LogP contribution in [0.3, 0.4) is 0 Å². The standard InChI is InChI=1S/C21H22N2O4S/c1-5-23-20(25)19(11-14-7-8-15(26-3)12-18(14)27-4)28-21(23)22-16-9-6-13(2)10-17(16)24/h6-12,24H,5H2,1-4H3/b19-11-,22-21?. The third kappa shape index (κ3) is 3.99. The molecule has 146 valence electrons. The third-order valence-electron chi connectivity index (χ3n) is 4.28. The van der Waals surface area contributed by atoms with Gasteiger partial charge in [-0.2, -0.15) is 0 Å². The number of thioether (sulfide) groups is 1. The molecule has 0 bridgehead atoms. The van der Waals surface area contributed by atoms with Crippen LogP contribution in [0.5, 0.6) is 17.2 Å². The highest BCUT2D eigenvalue weighted by atomic mass is 32.2. The number of aromatic hydroxyl groups is 1. The maximum Gasteiger partial charge on any atom is 0.266 e. The van der Waals surface area contributed by atoms with Crippen molar-refractivity contribution in [1.29, 1.82) is 0 Å². The summed E-state index contributed by atoms with van der Waals surface area (Å²) in [6, 6.07) is 10.7. The van der Waals surface area contributed by atoms with E-state index in [-0.39, 0.29) is 11.7 Å². The second kappa shape index (κ2) is 8.39. The molecule has 6 nitrogen and oxygen atoms in total. The summed E-state index contributed by atoms with van der Waals surface area (Å²) in [5.74, 6) is 1.25. The zero-order valence-corrected chi connectivity index (χ0v) is 17.0. The Bertz CT molecular complexity index is 969. The summed E-state index contributed by atoms with van der Waals surface area (Å²) >= 11 is 1.27. The molecule has 0 atom stereocenters. The molecule has 7 heteroatoms. The predicted molar refractivity (Wildman–Crippen MR) is 112 cm³/mol. The number of carbonyl (C=O) groups excluding carboxylic acids is 1. The minimum Gasteiger partial charge on any atom is -0.506 e. The molecular formula is C21H22N2O4S. The highest BCUT2D eigenvalue weighted by Gasteiger charge is 2.32. The lowest BCUT2D eigenvalue weighted by molar-refractivity contribution is -0.122. The summed E-state index contributed by atoms with van der Waals surface area (Å²) in [5, 5.41) is 10.7. The van der Waals surface area contributed by atoms with E-state index in [0.717, 1.165) is 11.1 Å². The Morgan fingerprint density at radius 2 is 1.96 bits per heavy atom. The number of likely N-dealkylation sites (N-methyl/N-ethyl adjacent to an activating group) is 1. The SMILES string of the molecule is CCN1C(=O)/C(=C/c2ccc(OC)cc2OC)SC1=Nc1ccc(C)cc1O. The van der Waals surface area contributed by atoms with Gasteiger partial charge in [-0.1, -0.05) is 6.07 Å². The summed E-state index contributed by atoms with van der Waals surface area (Å²) < 4.78 is 10.6. The number of aryl methyl sites for hydroxylation is 1. The zero-order valence-electron chi connectivity index (χ0n) is 16.2. The van der Waals surface area contributed by atoms with Crippen LogP contribution >= 0.6 is 11.8 Å². The maximum atomic E-state index is 12.8. The van der Waals surface area contributed by atoms with Gasteiger partial charge in [-0.25, -0.2) is 4.99 Å². The molecular weight excluding hydrogens is 376 g/mol. The van der Waals surface area contributed by atoms with Gasteiger partial charge in [0.05, 0.1) is 19.1 Å². The van der Waals surface area contributed by atoms with Crippen LogP contribution in [0.15, 0.2) is 46.3 Å². The first-order valence-corrected chi connectivity index (χ1v) is 9.60. The number of ether oxygens (including phenoxy) is 2. The molecule has 1 heterocycles. The van der Waals surface area contributed by atoms with Crippen molar-refractivity contribution in [2.45, 2.75) is 13.8 Å². The number of benzene rings is 2. The number of carbonyl (C=O) groups is 1. The van der Waals surface area contributed by atoms with Gasteiger partial charge in [0.1, 0.15) is 22.9 Å². The molecule has 0 saturated carbocycles. The van der Waals surface area contributed by atoms with Gasteiger partial charge in [-0.05, 0) is 61.5 Å². The van der Waals surface area contributed by atoms with Gasteiger partial charge >= 0.3 is 0 Å². The van der Waals surface area contributed by atoms with Gasteiger partial charge in [0.25, 0.3) is 5.91 Å². The molecule has 1 aliphatic heterocycles. The molecule has 2 aromatic carbocycles. The lowest BCUT2D eigenvalue weighted by Crippen LogP contribution is -2.28. The number of hydrogen-bond acceptors (Lipinski definition) is 6. The summed E-state index contributed by atoms with van der Waals surface area (Å²) in [6.45, 7) is 4.26. The maximum absolute atomic E-state index is 12.8. The Morgan fingerprint density at radius 1 is 1.18 bits per heavy atom. The van der Waals surface area contributed by atoms with Crippen molar-refractivity contribution in [3.05, 3.63) is 52.4 Å². The Hall–Kier alpha value is -2.93. The lowest BCUT2D eigenvalue weighted by Gasteiger charge is -2.12. The van der Waals surface area contributed by atoms with Crippen LogP contribution in [-0.4, -0.2) is 41.8 Å². The van der Waals surface area contributed by atoms with E-state index in [1.165, 1.54) is 11.8 Å². The number of phenolic OH excluding ortho intramolecular Hbond substituents is 1. The number of amides is 1. The van der Waals surface area contributed by atoms with Gasteiger partial charge in [0.2, 0.25) is 0 Å². The first kappa shape index (κ1) is 19.8. The summed E-state index contributed by atoms with van der Waals surface area (Å²) in [7, 11) is 3.16. The van der Waals surface area contributed by atoms with Gasteiger partial charge in [-0.15, -0.1) is 0 Å². The first-order valence-electron chi connectivity index (χ1n) is 8.78. The zero-order chi connectivity index (χ0) is 20.3. The van der Waals surface area contributed by atoms with Gasteiger partial charge < -0.3 is 14.6 Å². The van der Waals surface area contributed by atoms with E-state index in [9.17, 15) is 9.90 Å². The van der Waals surface area contributed by atoms with Crippen LogP contribution in [0.25, 0.3) is 6.08 Å². The van der Waals surface area contributed by atoms with Crippen molar-refractivity contribution in [2.24, 2.45) is 4.99 Å². The Morgan fingerprint density at radius 3 is 2.61 bits per heavy atom. The highest BCUT2D eigenvalue weighted by molar-refractivity contribution is 8.18. The van der Waals surface area contributed by atoms with E-state index >= 15 is 0 Å². The monoisotopic (exact) mass is 398 g/mol. The van der Waals surface area contributed by atoms with E-state index in [2.05, 4.69) is 4.99 Å². The van der Waals surface area contributed by atoms with Crippen molar-refractivity contribution in [3.8, 4) is 17.2 Å². The molecule has 1 fully saturated rings. The van der Waals surface area contributed by atoms with E-state index in [1.54, 1.807) is 43.4 Å².